The van der Waals surface area contributed by atoms with Gasteiger partial charge >= 0.3 is 0 Å². The van der Waals surface area contributed by atoms with Crippen LogP contribution in [0, 0.1) is 0 Å². The number of rotatable bonds is 8. The van der Waals surface area contributed by atoms with E-state index in [0.29, 0.717) is 16.1 Å². The largest absolute Gasteiger partial charge is 0.384 e. The normalized spacial score (nSPS) is 13.2. The molecule has 1 unspecified atom stereocenters. The molecule has 0 aliphatic heterocycles. The van der Waals surface area contributed by atoms with E-state index in [2.05, 4.69) is 15.5 Å². The second-order valence-corrected chi connectivity index (χ2v) is 8.73. The minimum atomic E-state index is -3.41. The molecule has 0 spiro atoms. The Labute approximate surface area is 126 Å². The van der Waals surface area contributed by atoms with Gasteiger partial charge in [-0.3, -0.25) is 10.1 Å². The van der Waals surface area contributed by atoms with E-state index < -0.39 is 21.0 Å². The number of hydrogen-bond donors (Lipinski definition) is 1. The Morgan fingerprint density at radius 3 is 2.80 bits per heavy atom. The molecule has 0 saturated heterocycles. The molecule has 1 N–H and O–H groups in total. The minimum absolute atomic E-state index is 0.0736. The van der Waals surface area contributed by atoms with Crippen molar-refractivity contribution in [3.05, 3.63) is 0 Å². The van der Waals surface area contributed by atoms with Gasteiger partial charge in [-0.2, -0.15) is 0 Å². The summed E-state index contributed by atoms with van der Waals surface area (Å²) in [6.45, 7) is 3.47. The van der Waals surface area contributed by atoms with Gasteiger partial charge in [-0.1, -0.05) is 30.0 Å². The van der Waals surface area contributed by atoms with Gasteiger partial charge in [-0.05, 0) is 6.92 Å². The van der Waals surface area contributed by atoms with Gasteiger partial charge in [0.05, 0.1) is 6.61 Å². The monoisotopic (exact) mass is 339 g/mol. The fourth-order valence-electron chi connectivity index (χ4n) is 1.15. The predicted octanol–water partition coefficient (Wildman–Crippen LogP) is 1.04. The number of anilines is 1. The Morgan fingerprint density at radius 1 is 1.50 bits per heavy atom. The summed E-state index contributed by atoms with van der Waals surface area (Å²) in [6, 6.07) is 0. The average Bonchev–Trinajstić information content (AvgIpc) is 2.85. The van der Waals surface area contributed by atoms with Crippen LogP contribution in [0.15, 0.2) is 4.34 Å². The molecule has 114 valence electrons. The third kappa shape index (κ3) is 5.00. The molecule has 7 nitrogen and oxygen atoms in total. The zero-order valence-corrected chi connectivity index (χ0v) is 13.9. The van der Waals surface area contributed by atoms with Gasteiger partial charge in [-0.15, -0.1) is 10.2 Å². The summed E-state index contributed by atoms with van der Waals surface area (Å²) in [5, 5.41) is 9.38. The summed E-state index contributed by atoms with van der Waals surface area (Å²) in [6.07, 6.45) is 0. The molecule has 1 atom stereocenters. The topological polar surface area (TPSA) is 98.2 Å². The smallest absolute Gasteiger partial charge is 0.244 e. The Kier molecular flexibility index (Phi) is 6.86. The molecule has 0 aromatic carbocycles. The molecule has 1 heterocycles. The number of hydrogen-bond acceptors (Lipinski definition) is 8. The van der Waals surface area contributed by atoms with Crippen LogP contribution in [-0.2, 0) is 19.4 Å². The summed E-state index contributed by atoms with van der Waals surface area (Å²) in [5.41, 5.74) is 0. The van der Waals surface area contributed by atoms with Crippen LogP contribution >= 0.6 is 23.1 Å². The maximum absolute atomic E-state index is 11.8. The number of methoxy groups -OCH3 is 1. The van der Waals surface area contributed by atoms with Crippen LogP contribution in [0.4, 0.5) is 5.13 Å². The maximum atomic E-state index is 11.8. The van der Waals surface area contributed by atoms with Crippen LogP contribution in [0.25, 0.3) is 0 Å². The highest BCUT2D eigenvalue weighted by Gasteiger charge is 2.26. The lowest BCUT2D eigenvalue weighted by Crippen LogP contribution is -2.33. The van der Waals surface area contributed by atoms with Crippen molar-refractivity contribution < 1.29 is 17.9 Å². The van der Waals surface area contributed by atoms with E-state index in [1.165, 1.54) is 36.9 Å². The van der Waals surface area contributed by atoms with Gasteiger partial charge < -0.3 is 4.74 Å². The molecule has 1 amide bonds. The van der Waals surface area contributed by atoms with Crippen molar-refractivity contribution >= 4 is 44.0 Å². The van der Waals surface area contributed by atoms with Crippen LogP contribution in [0.3, 0.4) is 0 Å². The summed E-state index contributed by atoms with van der Waals surface area (Å²) in [5.74, 6) is 0.0756. The van der Waals surface area contributed by atoms with Crippen molar-refractivity contribution in [2.45, 2.75) is 23.4 Å². The van der Waals surface area contributed by atoms with E-state index in [9.17, 15) is 13.2 Å². The Bertz CT molecular complexity index is 544. The lowest BCUT2D eigenvalue weighted by molar-refractivity contribution is -0.115. The van der Waals surface area contributed by atoms with Gasteiger partial charge in [-0.25, -0.2) is 8.42 Å². The molecule has 0 aliphatic rings. The first-order valence-corrected chi connectivity index (χ1v) is 9.40. The summed E-state index contributed by atoms with van der Waals surface area (Å²) < 4.78 is 28.8. The van der Waals surface area contributed by atoms with Gasteiger partial charge in [0.25, 0.3) is 0 Å². The van der Waals surface area contributed by atoms with Crippen molar-refractivity contribution in [2.24, 2.45) is 0 Å². The predicted molar refractivity (Wildman–Crippen MR) is 80.1 cm³/mol. The van der Waals surface area contributed by atoms with Crippen molar-refractivity contribution in [3.8, 4) is 0 Å². The van der Waals surface area contributed by atoms with E-state index in [0.717, 1.165) is 5.75 Å². The van der Waals surface area contributed by atoms with Gasteiger partial charge in [0, 0.05) is 18.6 Å². The average molecular weight is 339 g/mol. The third-order valence-electron chi connectivity index (χ3n) is 2.46. The number of amides is 1. The molecular weight excluding hydrogens is 322 g/mol. The van der Waals surface area contributed by atoms with Crippen molar-refractivity contribution in [2.75, 3.05) is 30.5 Å². The molecule has 20 heavy (non-hydrogen) atoms. The number of carbonyl (C=O) groups excluding carboxylic acids is 1. The molecular formula is C10H17N3O4S3. The first-order valence-electron chi connectivity index (χ1n) is 5.88. The number of nitrogens with one attached hydrogen (secondary N) is 1. The van der Waals surface area contributed by atoms with Crippen LogP contribution in [0.2, 0.25) is 0 Å². The fraction of sp³-hybridized carbons (Fsp3) is 0.700. The zero-order chi connectivity index (χ0) is 15.2. The highest BCUT2D eigenvalue weighted by molar-refractivity contribution is 8.01. The standard InChI is InChI=1S/C10H17N3O4S3/c1-4-20(15,16)7(2)8(14)11-9-12-13-10(19-9)18-6-5-17-3/h7H,4-6H2,1-3H3,(H,11,12,14). The molecule has 1 aromatic heterocycles. The second kappa shape index (κ2) is 7.91. The first-order chi connectivity index (χ1) is 9.40. The highest BCUT2D eigenvalue weighted by atomic mass is 32.2. The zero-order valence-electron chi connectivity index (χ0n) is 11.5. The number of aromatic nitrogens is 2. The molecule has 0 saturated carbocycles. The summed E-state index contributed by atoms with van der Waals surface area (Å²) in [4.78, 5) is 11.8. The molecule has 10 heteroatoms. The van der Waals surface area contributed by atoms with E-state index in [-0.39, 0.29) is 5.75 Å². The van der Waals surface area contributed by atoms with Crippen LogP contribution in [-0.4, -0.2) is 55.0 Å². The van der Waals surface area contributed by atoms with E-state index in [1.54, 1.807) is 7.11 Å². The molecule has 0 radical (unpaired) electrons. The van der Waals surface area contributed by atoms with Crippen LogP contribution in [0.5, 0.6) is 0 Å². The Balaban J connectivity index is 2.59. The van der Waals surface area contributed by atoms with Crippen molar-refractivity contribution in [1.82, 2.24) is 10.2 Å². The van der Waals surface area contributed by atoms with Crippen molar-refractivity contribution in [3.63, 3.8) is 0 Å². The quantitative estimate of drug-likeness (QED) is 0.429. The lowest BCUT2D eigenvalue weighted by Gasteiger charge is -2.09. The molecule has 1 aromatic rings. The first kappa shape index (κ1) is 17.3. The number of sulfone groups is 1. The van der Waals surface area contributed by atoms with E-state index in [4.69, 9.17) is 4.74 Å². The minimum Gasteiger partial charge on any atom is -0.384 e. The van der Waals surface area contributed by atoms with Gasteiger partial charge in [0.2, 0.25) is 11.0 Å². The SMILES string of the molecule is CCS(=O)(=O)C(C)C(=O)Nc1nnc(SCCOC)s1. The molecule has 0 fully saturated rings. The second-order valence-electron chi connectivity index (χ2n) is 3.80. The summed E-state index contributed by atoms with van der Waals surface area (Å²) in [7, 11) is -1.79. The van der Waals surface area contributed by atoms with Crippen LogP contribution < -0.4 is 5.32 Å². The van der Waals surface area contributed by atoms with E-state index >= 15 is 0 Å². The Morgan fingerprint density at radius 2 is 2.20 bits per heavy atom. The third-order valence-corrected chi connectivity index (χ3v) is 6.49. The molecule has 1 rings (SSSR count). The lowest BCUT2D eigenvalue weighted by atomic mass is 10.4. The summed E-state index contributed by atoms with van der Waals surface area (Å²) >= 11 is 2.67. The number of thioether (sulfide) groups is 1. The van der Waals surface area contributed by atoms with E-state index in [1.807, 2.05) is 0 Å². The number of nitrogens with zero attached hydrogens (tertiary/aromatic N) is 2. The number of carbonyl (C=O) groups is 1. The fourth-order valence-corrected chi connectivity index (χ4v) is 3.76. The molecule has 0 bridgehead atoms. The number of ether oxygens (including phenoxy) is 1. The van der Waals surface area contributed by atoms with Crippen LogP contribution in [0.1, 0.15) is 13.8 Å². The maximum Gasteiger partial charge on any atom is 0.244 e. The Hall–Kier alpha value is -0.710. The molecule has 0 aliphatic carbocycles. The van der Waals surface area contributed by atoms with Crippen molar-refractivity contribution in [1.29, 1.82) is 0 Å². The van der Waals surface area contributed by atoms with Gasteiger partial charge in [0.1, 0.15) is 5.25 Å². The highest BCUT2D eigenvalue weighted by Crippen LogP contribution is 2.25. The van der Waals surface area contributed by atoms with Gasteiger partial charge in [0.15, 0.2) is 14.2 Å².